The van der Waals surface area contributed by atoms with Crippen molar-refractivity contribution >= 4 is 23.5 Å². The van der Waals surface area contributed by atoms with Gasteiger partial charge in [-0.25, -0.2) is 9.78 Å². The van der Waals surface area contributed by atoms with E-state index in [1.807, 2.05) is 0 Å². The number of halogens is 1. The van der Waals surface area contributed by atoms with E-state index in [-0.39, 0.29) is 6.09 Å². The van der Waals surface area contributed by atoms with Crippen LogP contribution in [0.15, 0.2) is 18.3 Å². The van der Waals surface area contributed by atoms with Gasteiger partial charge in [0.2, 0.25) is 0 Å². The van der Waals surface area contributed by atoms with Crippen LogP contribution in [-0.4, -0.2) is 31.3 Å². The quantitative estimate of drug-likeness (QED) is 0.787. The van der Waals surface area contributed by atoms with Crippen LogP contribution < -0.4 is 10.6 Å². The van der Waals surface area contributed by atoms with E-state index in [2.05, 4.69) is 10.7 Å². The summed E-state index contributed by atoms with van der Waals surface area (Å²) < 4.78 is 4.76. The van der Waals surface area contributed by atoms with E-state index < -0.39 is 0 Å². The van der Waals surface area contributed by atoms with Crippen molar-refractivity contribution < 1.29 is 9.53 Å². The van der Waals surface area contributed by atoms with Crippen LogP contribution in [0, 0.1) is 0 Å². The summed E-state index contributed by atoms with van der Waals surface area (Å²) in [5.74, 6) is 0.576. The molecular formula is C9H12ClN3O2. The number of carbonyl (C=O) groups is 1. The maximum absolute atomic E-state index is 11.1. The number of nitrogens with two attached hydrogens (primary N) is 1. The van der Waals surface area contributed by atoms with E-state index in [4.69, 9.17) is 16.3 Å². The minimum absolute atomic E-state index is 0.352. The van der Waals surface area contributed by atoms with Crippen molar-refractivity contribution in [1.29, 1.82) is 0 Å². The van der Waals surface area contributed by atoms with Gasteiger partial charge in [-0.2, -0.15) is 0 Å². The van der Waals surface area contributed by atoms with Crippen LogP contribution in [-0.2, 0) is 4.74 Å². The monoisotopic (exact) mass is 229 g/mol. The van der Waals surface area contributed by atoms with Gasteiger partial charge in [0.1, 0.15) is 12.4 Å². The zero-order valence-electron chi connectivity index (χ0n) is 8.31. The Labute approximate surface area is 92.8 Å². The van der Waals surface area contributed by atoms with Crippen LogP contribution in [0.2, 0.25) is 5.02 Å². The maximum atomic E-state index is 11.1. The van der Waals surface area contributed by atoms with Crippen molar-refractivity contribution in [2.24, 2.45) is 5.73 Å². The molecule has 1 aliphatic heterocycles. The highest BCUT2D eigenvalue weighted by Crippen LogP contribution is 2.17. The number of cyclic esters (lactones) is 1. The van der Waals surface area contributed by atoms with Crippen molar-refractivity contribution in [3.05, 3.63) is 23.4 Å². The lowest BCUT2D eigenvalue weighted by atomic mass is 10.4. The second kappa shape index (κ2) is 5.53. The number of pyridine rings is 1. The first-order valence-corrected chi connectivity index (χ1v) is 4.79. The minimum Gasteiger partial charge on any atom is -0.447 e. The number of amides is 1. The Bertz CT molecular complexity index is 329. The van der Waals surface area contributed by atoms with Gasteiger partial charge in [-0.15, -0.1) is 0 Å². The number of hydrogen-bond donors (Lipinski definition) is 1. The molecule has 1 amide bonds. The van der Waals surface area contributed by atoms with E-state index in [9.17, 15) is 4.79 Å². The van der Waals surface area contributed by atoms with Crippen molar-refractivity contribution in [2.45, 2.75) is 0 Å². The summed E-state index contributed by atoms with van der Waals surface area (Å²) in [6.07, 6.45) is 1.15. The Hall–Kier alpha value is -1.33. The lowest BCUT2D eigenvalue weighted by Gasteiger charge is -2.10. The minimum atomic E-state index is -0.352. The number of carbonyl (C=O) groups excluding carboxylic acids is 1. The molecule has 1 saturated heterocycles. The predicted octanol–water partition coefficient (Wildman–Crippen LogP) is 1.27. The molecule has 2 N–H and O–H groups in total. The number of rotatable bonds is 1. The molecule has 0 unspecified atom stereocenters. The predicted molar refractivity (Wildman–Crippen MR) is 58.1 cm³/mol. The zero-order chi connectivity index (χ0) is 11.3. The summed E-state index contributed by atoms with van der Waals surface area (Å²) in [5, 5.41) is 0.552. The molecule has 2 rings (SSSR count). The third kappa shape index (κ3) is 2.81. The molecule has 1 fully saturated rings. The Morgan fingerprint density at radius 3 is 2.73 bits per heavy atom. The van der Waals surface area contributed by atoms with Crippen molar-refractivity contribution in [2.75, 3.05) is 25.1 Å². The van der Waals surface area contributed by atoms with Crippen LogP contribution in [0.4, 0.5) is 10.6 Å². The van der Waals surface area contributed by atoms with E-state index in [0.717, 1.165) is 0 Å². The van der Waals surface area contributed by atoms with Gasteiger partial charge in [0, 0.05) is 6.20 Å². The lowest BCUT2D eigenvalue weighted by molar-refractivity contribution is 0.181. The van der Waals surface area contributed by atoms with Crippen LogP contribution in [0.5, 0.6) is 0 Å². The molecule has 0 aromatic carbocycles. The molecule has 1 aromatic rings. The Morgan fingerprint density at radius 2 is 2.27 bits per heavy atom. The molecule has 0 atom stereocenters. The first-order valence-electron chi connectivity index (χ1n) is 4.41. The average Bonchev–Trinajstić information content (AvgIpc) is 2.69. The van der Waals surface area contributed by atoms with E-state index in [0.29, 0.717) is 24.0 Å². The second-order valence-corrected chi connectivity index (χ2v) is 3.04. The highest BCUT2D eigenvalue weighted by molar-refractivity contribution is 6.30. The number of anilines is 1. The highest BCUT2D eigenvalue weighted by atomic mass is 35.5. The summed E-state index contributed by atoms with van der Waals surface area (Å²) >= 11 is 5.66. The molecular weight excluding hydrogens is 218 g/mol. The molecule has 15 heavy (non-hydrogen) atoms. The molecule has 1 aliphatic rings. The molecule has 5 nitrogen and oxygen atoms in total. The summed E-state index contributed by atoms with van der Waals surface area (Å²) in [4.78, 5) is 16.6. The van der Waals surface area contributed by atoms with Gasteiger partial charge in [0.15, 0.2) is 0 Å². The Balaban J connectivity index is 0.000000531. The Kier molecular flexibility index (Phi) is 4.33. The standard InChI is InChI=1S/C8H7ClN2O2.CH5N/c9-6-1-2-7(10-5-6)11-3-4-13-8(11)12;1-2/h1-2,5H,3-4H2;2H2,1H3. The van der Waals surface area contributed by atoms with Crippen LogP contribution in [0.1, 0.15) is 0 Å². The number of aromatic nitrogens is 1. The van der Waals surface area contributed by atoms with E-state index in [1.165, 1.54) is 18.1 Å². The molecule has 0 aliphatic carbocycles. The zero-order valence-corrected chi connectivity index (χ0v) is 9.07. The van der Waals surface area contributed by atoms with E-state index in [1.54, 1.807) is 12.1 Å². The highest BCUT2D eigenvalue weighted by Gasteiger charge is 2.24. The van der Waals surface area contributed by atoms with Gasteiger partial charge in [-0.05, 0) is 19.2 Å². The van der Waals surface area contributed by atoms with Gasteiger partial charge in [-0.1, -0.05) is 11.6 Å². The summed E-state index contributed by atoms with van der Waals surface area (Å²) in [6.45, 7) is 0.969. The van der Waals surface area contributed by atoms with Crippen molar-refractivity contribution in [3.8, 4) is 0 Å². The van der Waals surface area contributed by atoms with Crippen molar-refractivity contribution in [3.63, 3.8) is 0 Å². The molecule has 0 radical (unpaired) electrons. The molecule has 0 spiro atoms. The fourth-order valence-corrected chi connectivity index (χ4v) is 1.24. The van der Waals surface area contributed by atoms with Gasteiger partial charge in [0.05, 0.1) is 11.6 Å². The van der Waals surface area contributed by atoms with Crippen LogP contribution in [0.25, 0.3) is 0 Å². The largest absolute Gasteiger partial charge is 0.447 e. The van der Waals surface area contributed by atoms with Gasteiger partial charge >= 0.3 is 6.09 Å². The Morgan fingerprint density at radius 1 is 1.53 bits per heavy atom. The third-order valence-electron chi connectivity index (χ3n) is 1.75. The number of hydrogen-bond acceptors (Lipinski definition) is 4. The fraction of sp³-hybridized carbons (Fsp3) is 0.333. The molecule has 82 valence electrons. The van der Waals surface area contributed by atoms with Gasteiger partial charge in [0.25, 0.3) is 0 Å². The summed E-state index contributed by atoms with van der Waals surface area (Å²) in [6, 6.07) is 3.38. The topological polar surface area (TPSA) is 68.5 Å². The average molecular weight is 230 g/mol. The summed E-state index contributed by atoms with van der Waals surface area (Å²) in [5.41, 5.74) is 4.50. The van der Waals surface area contributed by atoms with E-state index >= 15 is 0 Å². The van der Waals surface area contributed by atoms with Crippen molar-refractivity contribution in [1.82, 2.24) is 4.98 Å². The molecule has 0 saturated carbocycles. The molecule has 2 heterocycles. The van der Waals surface area contributed by atoms with Gasteiger partial charge in [-0.3, -0.25) is 4.90 Å². The first kappa shape index (κ1) is 11.7. The van der Waals surface area contributed by atoms with Crippen LogP contribution in [0.3, 0.4) is 0 Å². The lowest BCUT2D eigenvalue weighted by Crippen LogP contribution is -2.24. The first-order chi connectivity index (χ1) is 7.27. The summed E-state index contributed by atoms with van der Waals surface area (Å²) in [7, 11) is 1.50. The third-order valence-corrected chi connectivity index (χ3v) is 1.97. The smallest absolute Gasteiger partial charge is 0.415 e. The number of ether oxygens (including phenoxy) is 1. The SMILES string of the molecule is CN.O=C1OCCN1c1ccc(Cl)cn1. The second-order valence-electron chi connectivity index (χ2n) is 2.60. The number of nitrogens with zero attached hydrogens (tertiary/aromatic N) is 2. The van der Waals surface area contributed by atoms with Crippen LogP contribution >= 0.6 is 11.6 Å². The molecule has 1 aromatic heterocycles. The molecule has 0 bridgehead atoms. The fourth-order valence-electron chi connectivity index (χ4n) is 1.13. The maximum Gasteiger partial charge on any atom is 0.415 e. The van der Waals surface area contributed by atoms with Gasteiger partial charge < -0.3 is 10.5 Å². The normalized spacial score (nSPS) is 14.3. The molecule has 6 heteroatoms.